The lowest BCUT2D eigenvalue weighted by atomic mass is 10.2. The average Bonchev–Trinajstić information content (AvgIpc) is 3.09. The van der Waals surface area contributed by atoms with Gasteiger partial charge in [0.15, 0.2) is 6.61 Å². The third kappa shape index (κ3) is 5.42. The third-order valence-corrected chi connectivity index (χ3v) is 5.39. The van der Waals surface area contributed by atoms with Crippen LogP contribution in [0.5, 0.6) is 5.75 Å². The van der Waals surface area contributed by atoms with Crippen molar-refractivity contribution in [3.05, 3.63) is 53.9 Å². The van der Waals surface area contributed by atoms with E-state index in [-0.39, 0.29) is 12.5 Å². The SMILES string of the molecule is CCCn1c(CN2CCOCC2)nc2cc(NC(=O)COc3cccc(C)c3)ccc21. The second kappa shape index (κ2) is 9.94. The van der Waals surface area contributed by atoms with E-state index in [4.69, 9.17) is 14.5 Å². The normalized spacial score (nSPS) is 14.6. The fourth-order valence-electron chi connectivity index (χ4n) is 3.86. The standard InChI is InChI=1S/C24H30N4O3/c1-3-9-28-22-8-7-19(25-24(29)17-31-20-6-4-5-18(2)14-20)15-21(22)26-23(28)16-27-10-12-30-13-11-27/h4-8,14-15H,3,9-13,16-17H2,1-2H3,(H,25,29). The van der Waals surface area contributed by atoms with Gasteiger partial charge in [-0.1, -0.05) is 19.1 Å². The minimum Gasteiger partial charge on any atom is -0.484 e. The summed E-state index contributed by atoms with van der Waals surface area (Å²) >= 11 is 0. The van der Waals surface area contributed by atoms with Crippen LogP contribution in [-0.2, 0) is 22.6 Å². The van der Waals surface area contributed by atoms with Gasteiger partial charge >= 0.3 is 0 Å². The number of hydrogen-bond donors (Lipinski definition) is 1. The second-order valence-corrected chi connectivity index (χ2v) is 7.93. The van der Waals surface area contributed by atoms with Crippen LogP contribution in [0.2, 0.25) is 0 Å². The molecule has 1 aliphatic rings. The molecule has 1 N–H and O–H groups in total. The molecule has 0 aliphatic carbocycles. The molecule has 2 aromatic carbocycles. The van der Waals surface area contributed by atoms with Crippen LogP contribution in [0.3, 0.4) is 0 Å². The maximum atomic E-state index is 12.4. The zero-order chi connectivity index (χ0) is 21.6. The Balaban J connectivity index is 1.45. The van der Waals surface area contributed by atoms with Gasteiger partial charge in [0.05, 0.1) is 30.8 Å². The number of rotatable bonds is 8. The summed E-state index contributed by atoms with van der Waals surface area (Å²) in [5, 5.41) is 2.92. The number of benzene rings is 2. The lowest BCUT2D eigenvalue weighted by Gasteiger charge is -2.26. The highest BCUT2D eigenvalue weighted by Gasteiger charge is 2.17. The molecule has 0 radical (unpaired) electrons. The van der Waals surface area contributed by atoms with Gasteiger partial charge in [-0.25, -0.2) is 4.98 Å². The predicted octanol–water partition coefficient (Wildman–Crippen LogP) is 3.60. The molecule has 2 heterocycles. The van der Waals surface area contributed by atoms with Crippen LogP contribution in [0.1, 0.15) is 24.7 Å². The molecule has 4 rings (SSSR count). The van der Waals surface area contributed by atoms with Crippen molar-refractivity contribution in [2.24, 2.45) is 0 Å². The molecule has 1 fully saturated rings. The molecule has 1 saturated heterocycles. The minimum atomic E-state index is -0.192. The zero-order valence-corrected chi connectivity index (χ0v) is 18.3. The van der Waals surface area contributed by atoms with Gasteiger partial charge in [0.1, 0.15) is 11.6 Å². The number of aryl methyl sites for hydroxylation is 2. The van der Waals surface area contributed by atoms with E-state index in [9.17, 15) is 4.79 Å². The number of carbonyl (C=O) groups is 1. The van der Waals surface area contributed by atoms with Crippen LogP contribution >= 0.6 is 0 Å². The van der Waals surface area contributed by atoms with Crippen LogP contribution in [0.4, 0.5) is 5.69 Å². The Morgan fingerprint density at radius 1 is 1.19 bits per heavy atom. The van der Waals surface area contributed by atoms with E-state index < -0.39 is 0 Å². The smallest absolute Gasteiger partial charge is 0.262 e. The van der Waals surface area contributed by atoms with Gasteiger partial charge in [0.2, 0.25) is 0 Å². The summed E-state index contributed by atoms with van der Waals surface area (Å²) in [6, 6.07) is 13.6. The molecule has 0 saturated carbocycles. The number of fused-ring (bicyclic) bond motifs is 1. The first-order chi connectivity index (χ1) is 15.1. The van der Waals surface area contributed by atoms with Crippen molar-refractivity contribution in [1.82, 2.24) is 14.5 Å². The number of imidazole rings is 1. The first-order valence-electron chi connectivity index (χ1n) is 10.9. The maximum absolute atomic E-state index is 12.4. The molecular weight excluding hydrogens is 392 g/mol. The average molecular weight is 423 g/mol. The van der Waals surface area contributed by atoms with E-state index in [1.807, 2.05) is 49.4 Å². The Morgan fingerprint density at radius 3 is 2.81 bits per heavy atom. The fraction of sp³-hybridized carbons (Fsp3) is 0.417. The topological polar surface area (TPSA) is 68.6 Å². The second-order valence-electron chi connectivity index (χ2n) is 7.93. The van der Waals surface area contributed by atoms with E-state index in [1.54, 1.807) is 0 Å². The monoisotopic (exact) mass is 422 g/mol. The summed E-state index contributed by atoms with van der Waals surface area (Å²) in [6.45, 7) is 9.27. The first-order valence-corrected chi connectivity index (χ1v) is 10.9. The van der Waals surface area contributed by atoms with E-state index in [2.05, 4.69) is 21.7 Å². The quantitative estimate of drug-likeness (QED) is 0.601. The molecule has 1 amide bonds. The lowest BCUT2D eigenvalue weighted by Crippen LogP contribution is -2.36. The fourth-order valence-corrected chi connectivity index (χ4v) is 3.86. The summed E-state index contributed by atoms with van der Waals surface area (Å²) in [5.74, 6) is 1.56. The molecule has 3 aromatic rings. The van der Waals surface area contributed by atoms with Crippen LogP contribution in [0.25, 0.3) is 11.0 Å². The Labute approximate surface area is 183 Å². The van der Waals surface area contributed by atoms with Crippen molar-refractivity contribution >= 4 is 22.6 Å². The largest absolute Gasteiger partial charge is 0.484 e. The van der Waals surface area contributed by atoms with Crippen molar-refractivity contribution < 1.29 is 14.3 Å². The van der Waals surface area contributed by atoms with Gasteiger partial charge < -0.3 is 19.4 Å². The molecule has 1 aromatic heterocycles. The Kier molecular flexibility index (Phi) is 6.84. The van der Waals surface area contributed by atoms with E-state index in [0.717, 1.165) is 73.9 Å². The summed E-state index contributed by atoms with van der Waals surface area (Å²) in [4.78, 5) is 19.6. The lowest BCUT2D eigenvalue weighted by molar-refractivity contribution is -0.118. The molecular formula is C24H30N4O3. The van der Waals surface area contributed by atoms with Crippen molar-refractivity contribution in [2.75, 3.05) is 38.2 Å². The van der Waals surface area contributed by atoms with Gasteiger partial charge in [0.25, 0.3) is 5.91 Å². The van der Waals surface area contributed by atoms with Gasteiger partial charge in [-0.15, -0.1) is 0 Å². The predicted molar refractivity (Wildman–Crippen MR) is 121 cm³/mol. The number of carbonyl (C=O) groups excluding carboxylic acids is 1. The number of anilines is 1. The highest BCUT2D eigenvalue weighted by Crippen LogP contribution is 2.22. The number of morpholine rings is 1. The highest BCUT2D eigenvalue weighted by molar-refractivity contribution is 5.94. The van der Waals surface area contributed by atoms with Gasteiger partial charge in [-0.2, -0.15) is 0 Å². The Morgan fingerprint density at radius 2 is 2.03 bits per heavy atom. The highest BCUT2D eigenvalue weighted by atomic mass is 16.5. The number of hydrogen-bond acceptors (Lipinski definition) is 5. The molecule has 1 aliphatic heterocycles. The van der Waals surface area contributed by atoms with Crippen LogP contribution < -0.4 is 10.1 Å². The number of nitrogens with one attached hydrogen (secondary N) is 1. The third-order valence-electron chi connectivity index (χ3n) is 5.39. The van der Waals surface area contributed by atoms with Crippen molar-refractivity contribution in [3.63, 3.8) is 0 Å². The molecule has 7 heteroatoms. The Bertz CT molecular complexity index is 1040. The summed E-state index contributed by atoms with van der Waals surface area (Å²) in [5.41, 5.74) is 3.82. The summed E-state index contributed by atoms with van der Waals surface area (Å²) in [6.07, 6.45) is 1.04. The molecule has 31 heavy (non-hydrogen) atoms. The molecule has 0 spiro atoms. The van der Waals surface area contributed by atoms with E-state index in [1.165, 1.54) is 0 Å². The molecule has 0 atom stereocenters. The van der Waals surface area contributed by atoms with Crippen molar-refractivity contribution in [1.29, 1.82) is 0 Å². The number of aromatic nitrogens is 2. The molecule has 0 bridgehead atoms. The number of ether oxygens (including phenoxy) is 2. The van der Waals surface area contributed by atoms with Crippen molar-refractivity contribution in [3.8, 4) is 5.75 Å². The Hall–Kier alpha value is -2.90. The van der Waals surface area contributed by atoms with E-state index in [0.29, 0.717) is 5.75 Å². The molecule has 164 valence electrons. The first kappa shape index (κ1) is 21.3. The zero-order valence-electron chi connectivity index (χ0n) is 18.3. The minimum absolute atomic E-state index is 0.0337. The molecule has 0 unspecified atom stereocenters. The van der Waals surface area contributed by atoms with Crippen LogP contribution in [-0.4, -0.2) is 53.3 Å². The van der Waals surface area contributed by atoms with Gasteiger partial charge in [-0.3, -0.25) is 9.69 Å². The van der Waals surface area contributed by atoms with Gasteiger partial charge in [-0.05, 0) is 49.2 Å². The summed E-state index contributed by atoms with van der Waals surface area (Å²) in [7, 11) is 0. The summed E-state index contributed by atoms with van der Waals surface area (Å²) < 4.78 is 13.4. The van der Waals surface area contributed by atoms with Crippen LogP contribution in [0.15, 0.2) is 42.5 Å². The number of nitrogens with zero attached hydrogens (tertiary/aromatic N) is 3. The number of amides is 1. The van der Waals surface area contributed by atoms with Crippen molar-refractivity contribution in [2.45, 2.75) is 33.4 Å². The van der Waals surface area contributed by atoms with E-state index >= 15 is 0 Å². The van der Waals surface area contributed by atoms with Gasteiger partial charge in [0, 0.05) is 25.3 Å². The maximum Gasteiger partial charge on any atom is 0.262 e. The molecule has 7 nitrogen and oxygen atoms in total. The van der Waals surface area contributed by atoms with Crippen LogP contribution in [0, 0.1) is 6.92 Å².